The summed E-state index contributed by atoms with van der Waals surface area (Å²) in [6, 6.07) is 6.81. The smallest absolute Gasteiger partial charge is 0.369 e. The Balaban J connectivity index is 1.69. The Bertz CT molecular complexity index is 1320. The fourth-order valence-corrected chi connectivity index (χ4v) is 4.78. The van der Waals surface area contributed by atoms with Gasteiger partial charge in [0, 0.05) is 31.5 Å². The summed E-state index contributed by atoms with van der Waals surface area (Å²) >= 11 is 0. The van der Waals surface area contributed by atoms with Crippen LogP contribution in [0.5, 0.6) is 0 Å². The monoisotopic (exact) mass is 575 g/mol. The lowest BCUT2D eigenvalue weighted by molar-refractivity contribution is -0.338. The van der Waals surface area contributed by atoms with E-state index in [0.29, 0.717) is 30.6 Å². The van der Waals surface area contributed by atoms with Crippen molar-refractivity contribution in [3.8, 4) is 0 Å². The summed E-state index contributed by atoms with van der Waals surface area (Å²) < 4.78 is 110. The summed E-state index contributed by atoms with van der Waals surface area (Å²) in [6.45, 7) is 4.46. The fraction of sp³-hybridized carbons (Fsp3) is 0.407. The third kappa shape index (κ3) is 5.30. The molecule has 2 aliphatic rings. The molecule has 2 heterocycles. The summed E-state index contributed by atoms with van der Waals surface area (Å²) in [5, 5.41) is 13.9. The summed E-state index contributed by atoms with van der Waals surface area (Å²) in [5.41, 5.74) is -5.72. The minimum atomic E-state index is -6.17. The zero-order chi connectivity index (χ0) is 29.6. The van der Waals surface area contributed by atoms with Gasteiger partial charge in [0.1, 0.15) is 5.82 Å². The number of nitrogens with zero attached hydrogens (tertiary/aromatic N) is 3. The van der Waals surface area contributed by atoms with Crippen molar-refractivity contribution in [1.29, 1.82) is 0 Å². The number of hydrazone groups is 1. The summed E-state index contributed by atoms with van der Waals surface area (Å²) in [4.78, 5) is 13.9. The van der Waals surface area contributed by atoms with Crippen LogP contribution in [-0.2, 0) is 4.79 Å². The van der Waals surface area contributed by atoms with Crippen LogP contribution < -0.4 is 5.01 Å². The summed E-state index contributed by atoms with van der Waals surface area (Å²) in [5.74, 6) is -2.42. The van der Waals surface area contributed by atoms with Crippen molar-refractivity contribution in [2.75, 3.05) is 18.1 Å². The minimum Gasteiger partial charge on any atom is -0.369 e. The first kappa shape index (κ1) is 29.5. The fourth-order valence-electron chi connectivity index (χ4n) is 4.78. The van der Waals surface area contributed by atoms with E-state index in [4.69, 9.17) is 0 Å². The quantitative estimate of drug-likeness (QED) is 0.420. The maximum Gasteiger partial charge on any atom is 0.431 e. The van der Waals surface area contributed by atoms with Crippen LogP contribution in [-0.4, -0.2) is 52.7 Å². The molecule has 1 N–H and O–H groups in total. The Hall–Kier alpha value is -3.48. The molecule has 0 saturated carbocycles. The highest BCUT2D eigenvalue weighted by Gasteiger charge is 2.74. The zero-order valence-electron chi connectivity index (χ0n) is 21.3. The van der Waals surface area contributed by atoms with Crippen molar-refractivity contribution >= 4 is 22.9 Å². The van der Waals surface area contributed by atoms with Crippen molar-refractivity contribution in [1.82, 2.24) is 4.90 Å². The van der Waals surface area contributed by atoms with E-state index in [-0.39, 0.29) is 17.4 Å². The van der Waals surface area contributed by atoms with Crippen molar-refractivity contribution in [2.45, 2.75) is 50.7 Å². The number of rotatable bonds is 5. The highest BCUT2D eigenvalue weighted by molar-refractivity contribution is 5.97. The van der Waals surface area contributed by atoms with Gasteiger partial charge in [0.2, 0.25) is 5.91 Å². The number of aliphatic hydroxyl groups is 1. The second-order valence-electron chi connectivity index (χ2n) is 9.95. The number of amides is 1. The van der Waals surface area contributed by atoms with Crippen LogP contribution in [0.25, 0.3) is 5.57 Å². The molecule has 13 heteroatoms. The van der Waals surface area contributed by atoms with Gasteiger partial charge in [-0.2, -0.15) is 31.4 Å². The van der Waals surface area contributed by atoms with Gasteiger partial charge in [-0.1, -0.05) is 44.2 Å². The molecule has 2 aliphatic heterocycles. The highest BCUT2D eigenvalue weighted by Crippen LogP contribution is 2.49. The molecule has 1 amide bonds. The standard InChI is InChI=1S/C27H25F8N3O2/c1-15(2)24(39)37-11-9-17(10-12-37)16-3-5-18(6-4-16)22-14-23(25(40,26(30,31)32)27(33,34)35)36-38(22)21-8-7-19(28)13-20(21)29/h3-9,13,15,22,40H,10-12,14H2,1-2H3. The molecule has 216 valence electrons. The molecule has 0 bridgehead atoms. The molecule has 0 saturated heterocycles. The molecule has 0 fully saturated rings. The Morgan fingerprint density at radius 1 is 1.00 bits per heavy atom. The highest BCUT2D eigenvalue weighted by atomic mass is 19.4. The number of benzene rings is 2. The van der Waals surface area contributed by atoms with E-state index in [0.717, 1.165) is 23.3 Å². The van der Waals surface area contributed by atoms with E-state index in [1.165, 1.54) is 12.1 Å². The number of carbonyl (C=O) groups excluding carboxylic acids is 1. The Kier molecular flexibility index (Phi) is 7.74. The predicted octanol–water partition coefficient (Wildman–Crippen LogP) is 6.40. The van der Waals surface area contributed by atoms with Crippen molar-refractivity contribution in [2.24, 2.45) is 11.0 Å². The maximum absolute atomic E-state index is 14.6. The number of hydrogen-bond donors (Lipinski definition) is 1. The molecular weight excluding hydrogens is 550 g/mol. The molecule has 1 unspecified atom stereocenters. The second-order valence-corrected chi connectivity index (χ2v) is 9.95. The van der Waals surface area contributed by atoms with Crippen LogP contribution in [0.3, 0.4) is 0 Å². The second kappa shape index (κ2) is 10.5. The van der Waals surface area contributed by atoms with Gasteiger partial charge in [0.15, 0.2) is 5.82 Å². The van der Waals surface area contributed by atoms with Crippen LogP contribution in [0.4, 0.5) is 40.8 Å². The lowest BCUT2D eigenvalue weighted by Crippen LogP contribution is -2.62. The lowest BCUT2D eigenvalue weighted by atomic mass is 9.89. The first-order valence-corrected chi connectivity index (χ1v) is 12.3. The van der Waals surface area contributed by atoms with Gasteiger partial charge in [-0.25, -0.2) is 8.78 Å². The average molecular weight is 575 g/mol. The average Bonchev–Trinajstić information content (AvgIpc) is 3.32. The van der Waals surface area contributed by atoms with Crippen LogP contribution in [0, 0.1) is 17.6 Å². The first-order valence-electron chi connectivity index (χ1n) is 12.3. The van der Waals surface area contributed by atoms with E-state index < -0.39 is 53.4 Å². The number of halogens is 8. The van der Waals surface area contributed by atoms with E-state index in [1.807, 2.05) is 6.08 Å². The number of anilines is 1. The van der Waals surface area contributed by atoms with E-state index in [2.05, 4.69) is 5.10 Å². The maximum atomic E-state index is 14.6. The molecule has 4 rings (SSSR count). The number of hydrogen-bond acceptors (Lipinski definition) is 4. The first-order chi connectivity index (χ1) is 18.5. The van der Waals surface area contributed by atoms with Gasteiger partial charge in [0.05, 0.1) is 17.4 Å². The van der Waals surface area contributed by atoms with Crippen molar-refractivity contribution in [3.63, 3.8) is 0 Å². The molecule has 5 nitrogen and oxygen atoms in total. The van der Waals surface area contributed by atoms with Crippen LogP contribution >= 0.6 is 0 Å². The topological polar surface area (TPSA) is 56.1 Å². The van der Waals surface area contributed by atoms with Crippen LogP contribution in [0.15, 0.2) is 53.6 Å². The Morgan fingerprint density at radius 2 is 1.62 bits per heavy atom. The van der Waals surface area contributed by atoms with E-state index in [9.17, 15) is 45.0 Å². The van der Waals surface area contributed by atoms with Crippen molar-refractivity contribution in [3.05, 3.63) is 71.3 Å². The third-order valence-corrected chi connectivity index (χ3v) is 6.99. The minimum absolute atomic E-state index is 0.00785. The Morgan fingerprint density at radius 3 is 2.12 bits per heavy atom. The molecular formula is C27H25F8N3O2. The molecule has 0 spiro atoms. The largest absolute Gasteiger partial charge is 0.431 e. The van der Waals surface area contributed by atoms with E-state index >= 15 is 0 Å². The molecule has 2 aromatic rings. The predicted molar refractivity (Wildman–Crippen MR) is 131 cm³/mol. The van der Waals surface area contributed by atoms with Gasteiger partial charge in [-0.3, -0.25) is 9.80 Å². The van der Waals surface area contributed by atoms with Gasteiger partial charge < -0.3 is 10.0 Å². The molecule has 0 aromatic heterocycles. The zero-order valence-corrected chi connectivity index (χ0v) is 21.3. The molecule has 2 aromatic carbocycles. The number of carbonyl (C=O) groups is 1. The molecule has 1 atom stereocenters. The third-order valence-electron chi connectivity index (χ3n) is 6.99. The normalized spacial score (nSPS) is 18.8. The molecule has 0 radical (unpaired) electrons. The van der Waals surface area contributed by atoms with Gasteiger partial charge in [0.25, 0.3) is 5.60 Å². The number of alkyl halides is 6. The Labute approximate surface area is 224 Å². The van der Waals surface area contributed by atoms with Crippen LogP contribution in [0.2, 0.25) is 0 Å². The van der Waals surface area contributed by atoms with Gasteiger partial charge >= 0.3 is 12.4 Å². The lowest BCUT2D eigenvalue weighted by Gasteiger charge is -2.32. The van der Waals surface area contributed by atoms with Gasteiger partial charge in [-0.15, -0.1) is 0 Å². The summed E-state index contributed by atoms with van der Waals surface area (Å²) in [7, 11) is 0. The molecule has 0 aliphatic carbocycles. The van der Waals surface area contributed by atoms with E-state index in [1.54, 1.807) is 30.9 Å². The van der Waals surface area contributed by atoms with Crippen molar-refractivity contribution < 1.29 is 45.0 Å². The van der Waals surface area contributed by atoms with Gasteiger partial charge in [-0.05, 0) is 35.3 Å². The summed E-state index contributed by atoms with van der Waals surface area (Å²) in [6.07, 6.45) is -11.0. The SMILES string of the molecule is CC(C)C(=O)N1CC=C(c2ccc(C3CC(C(O)(C(F)(F)F)C(F)(F)F)=NN3c3ccc(F)cc3F)cc2)CC1. The van der Waals surface area contributed by atoms with Crippen LogP contribution in [0.1, 0.15) is 43.9 Å². The molecule has 40 heavy (non-hydrogen) atoms.